The van der Waals surface area contributed by atoms with E-state index in [0.29, 0.717) is 12.4 Å². The molecular formula is C18H24N2O3S. The van der Waals surface area contributed by atoms with Crippen LogP contribution < -0.4 is 0 Å². The number of esters is 1. The average Bonchev–Trinajstić information content (AvgIpc) is 3.17. The van der Waals surface area contributed by atoms with Crippen LogP contribution in [0.3, 0.4) is 0 Å². The number of rotatable bonds is 6. The molecule has 1 aromatic rings. The minimum Gasteiger partial charge on any atom is -0.466 e. The number of pyridine rings is 1. The number of hydrogen-bond donors (Lipinski definition) is 0. The van der Waals surface area contributed by atoms with Gasteiger partial charge in [0.05, 0.1) is 22.8 Å². The third-order valence-electron chi connectivity index (χ3n) is 5.32. The second kappa shape index (κ2) is 7.13. The summed E-state index contributed by atoms with van der Waals surface area (Å²) in [6, 6.07) is 5.86. The number of hydrogen-bond acceptors (Lipinski definition) is 5. The van der Waals surface area contributed by atoms with E-state index < -0.39 is 5.41 Å². The summed E-state index contributed by atoms with van der Waals surface area (Å²) in [4.78, 5) is 31.6. The first-order chi connectivity index (χ1) is 11.6. The molecule has 3 heterocycles. The molecule has 2 aliphatic heterocycles. The standard InChI is InChI=1S/C18H24N2O3S/c1-3-18(17(22)23-4-2)11-13-8-9-14(18)20(13)16(21)12-24-15-7-5-6-10-19-15/h5-7,10,13-14H,3-4,8-9,11-12H2,1-2H3/t13-,14+,18+/m1/s1. The van der Waals surface area contributed by atoms with E-state index in [-0.39, 0.29) is 24.0 Å². The summed E-state index contributed by atoms with van der Waals surface area (Å²) in [6.45, 7) is 4.26. The molecule has 2 aliphatic rings. The van der Waals surface area contributed by atoms with Crippen LogP contribution in [-0.4, -0.2) is 46.2 Å². The molecule has 0 aromatic carbocycles. The molecule has 0 N–H and O–H groups in total. The van der Waals surface area contributed by atoms with E-state index >= 15 is 0 Å². The number of thioether (sulfide) groups is 1. The van der Waals surface area contributed by atoms with Crippen molar-refractivity contribution in [2.45, 2.75) is 56.6 Å². The van der Waals surface area contributed by atoms with Gasteiger partial charge in [0.1, 0.15) is 0 Å². The highest BCUT2D eigenvalue weighted by molar-refractivity contribution is 7.99. The van der Waals surface area contributed by atoms with Crippen LogP contribution in [0.1, 0.15) is 39.5 Å². The molecule has 2 fully saturated rings. The van der Waals surface area contributed by atoms with Crippen LogP contribution in [-0.2, 0) is 14.3 Å². The topological polar surface area (TPSA) is 59.5 Å². The molecule has 3 rings (SSSR count). The largest absolute Gasteiger partial charge is 0.466 e. The van der Waals surface area contributed by atoms with Gasteiger partial charge in [0.25, 0.3) is 0 Å². The van der Waals surface area contributed by atoms with Crippen LogP contribution >= 0.6 is 11.8 Å². The van der Waals surface area contributed by atoms with Crippen molar-refractivity contribution in [3.8, 4) is 0 Å². The first-order valence-electron chi connectivity index (χ1n) is 8.64. The van der Waals surface area contributed by atoms with E-state index in [9.17, 15) is 9.59 Å². The number of fused-ring (bicyclic) bond motifs is 2. The summed E-state index contributed by atoms with van der Waals surface area (Å²) >= 11 is 1.46. The van der Waals surface area contributed by atoms with Crippen LogP contribution in [0.5, 0.6) is 0 Å². The average molecular weight is 348 g/mol. The van der Waals surface area contributed by atoms with E-state index in [2.05, 4.69) is 4.98 Å². The summed E-state index contributed by atoms with van der Waals surface area (Å²) in [5.41, 5.74) is -0.510. The smallest absolute Gasteiger partial charge is 0.314 e. The van der Waals surface area contributed by atoms with Gasteiger partial charge < -0.3 is 9.64 Å². The fourth-order valence-electron chi connectivity index (χ4n) is 4.22. The Bertz CT molecular complexity index is 610. The quantitative estimate of drug-likeness (QED) is 0.584. The lowest BCUT2D eigenvalue weighted by Crippen LogP contribution is -2.46. The van der Waals surface area contributed by atoms with Crippen LogP contribution in [0.2, 0.25) is 0 Å². The monoisotopic (exact) mass is 348 g/mol. The van der Waals surface area contributed by atoms with Crippen molar-refractivity contribution in [1.29, 1.82) is 0 Å². The fraction of sp³-hybridized carbons (Fsp3) is 0.611. The Morgan fingerprint density at radius 1 is 1.38 bits per heavy atom. The van der Waals surface area contributed by atoms with E-state index in [1.54, 1.807) is 6.20 Å². The number of amides is 1. The van der Waals surface area contributed by atoms with Crippen molar-refractivity contribution >= 4 is 23.6 Å². The van der Waals surface area contributed by atoms with E-state index in [1.807, 2.05) is 36.9 Å². The first-order valence-corrected chi connectivity index (χ1v) is 9.63. The summed E-state index contributed by atoms with van der Waals surface area (Å²) in [5, 5.41) is 0.851. The van der Waals surface area contributed by atoms with Gasteiger partial charge in [-0.3, -0.25) is 9.59 Å². The molecule has 5 nitrogen and oxygen atoms in total. The predicted molar refractivity (Wildman–Crippen MR) is 92.6 cm³/mol. The number of ether oxygens (including phenoxy) is 1. The van der Waals surface area contributed by atoms with Gasteiger partial charge in [0.2, 0.25) is 5.91 Å². The van der Waals surface area contributed by atoms with Crippen molar-refractivity contribution in [1.82, 2.24) is 9.88 Å². The molecule has 2 bridgehead atoms. The highest BCUT2D eigenvalue weighted by Gasteiger charge is 2.60. The van der Waals surface area contributed by atoms with Gasteiger partial charge in [-0.25, -0.2) is 4.98 Å². The van der Waals surface area contributed by atoms with Crippen molar-refractivity contribution < 1.29 is 14.3 Å². The second-order valence-electron chi connectivity index (χ2n) is 6.44. The van der Waals surface area contributed by atoms with E-state index in [1.165, 1.54) is 11.8 Å². The van der Waals surface area contributed by atoms with Crippen LogP contribution in [0, 0.1) is 5.41 Å². The molecule has 0 aliphatic carbocycles. The molecule has 0 saturated carbocycles. The third-order valence-corrected chi connectivity index (χ3v) is 6.25. The highest BCUT2D eigenvalue weighted by atomic mass is 32.2. The maximum atomic E-state index is 12.8. The third kappa shape index (κ3) is 2.92. The Kier molecular flexibility index (Phi) is 5.13. The SMILES string of the molecule is CCOC(=O)[C@@]1(CC)C[C@H]2CC[C@@H]1N2C(=O)CSc1ccccn1. The van der Waals surface area contributed by atoms with Crippen LogP contribution in [0.25, 0.3) is 0 Å². The molecule has 0 radical (unpaired) electrons. The molecule has 3 atom stereocenters. The second-order valence-corrected chi connectivity index (χ2v) is 7.43. The zero-order chi connectivity index (χ0) is 17.2. The molecule has 0 spiro atoms. The Morgan fingerprint density at radius 3 is 2.88 bits per heavy atom. The molecule has 24 heavy (non-hydrogen) atoms. The zero-order valence-corrected chi connectivity index (χ0v) is 15.1. The van der Waals surface area contributed by atoms with Gasteiger partial charge in [-0.15, -0.1) is 0 Å². The lowest BCUT2D eigenvalue weighted by molar-refractivity contribution is -0.158. The minimum absolute atomic E-state index is 0.0108. The molecule has 130 valence electrons. The van der Waals surface area contributed by atoms with Crippen molar-refractivity contribution in [2.75, 3.05) is 12.4 Å². The lowest BCUT2D eigenvalue weighted by Gasteiger charge is -2.34. The molecule has 1 amide bonds. The maximum Gasteiger partial charge on any atom is 0.314 e. The van der Waals surface area contributed by atoms with Gasteiger partial charge in [0.15, 0.2) is 0 Å². The van der Waals surface area contributed by atoms with Crippen molar-refractivity contribution in [2.24, 2.45) is 5.41 Å². The van der Waals surface area contributed by atoms with Crippen molar-refractivity contribution in [3.05, 3.63) is 24.4 Å². The van der Waals surface area contributed by atoms with Gasteiger partial charge >= 0.3 is 5.97 Å². The molecule has 0 unspecified atom stereocenters. The fourth-order valence-corrected chi connectivity index (χ4v) is 4.95. The Hall–Kier alpha value is -1.56. The summed E-state index contributed by atoms with van der Waals surface area (Å²) < 4.78 is 5.34. The number of nitrogens with zero attached hydrogens (tertiary/aromatic N) is 2. The highest BCUT2D eigenvalue weighted by Crippen LogP contribution is 2.52. The summed E-state index contributed by atoms with van der Waals surface area (Å²) in [5.74, 6) is 0.347. The maximum absolute atomic E-state index is 12.8. The number of carbonyl (C=O) groups is 2. The number of aromatic nitrogens is 1. The van der Waals surface area contributed by atoms with E-state index in [0.717, 1.165) is 30.7 Å². The van der Waals surface area contributed by atoms with Crippen LogP contribution in [0.4, 0.5) is 0 Å². The van der Waals surface area contributed by atoms with Gasteiger partial charge in [-0.2, -0.15) is 0 Å². The van der Waals surface area contributed by atoms with E-state index in [4.69, 9.17) is 4.74 Å². The normalized spacial score (nSPS) is 28.2. The van der Waals surface area contributed by atoms with Crippen molar-refractivity contribution in [3.63, 3.8) is 0 Å². The molecule has 6 heteroatoms. The summed E-state index contributed by atoms with van der Waals surface area (Å²) in [6.07, 6.45) is 5.09. The minimum atomic E-state index is -0.510. The Balaban J connectivity index is 1.70. The van der Waals surface area contributed by atoms with Gasteiger partial charge in [0, 0.05) is 18.3 Å². The molecule has 2 saturated heterocycles. The Morgan fingerprint density at radius 2 is 2.21 bits per heavy atom. The molecular weight excluding hydrogens is 324 g/mol. The Labute approximate surface area is 147 Å². The lowest BCUT2D eigenvalue weighted by atomic mass is 9.72. The summed E-state index contributed by atoms with van der Waals surface area (Å²) in [7, 11) is 0. The van der Waals surface area contributed by atoms with Gasteiger partial charge in [-0.1, -0.05) is 24.8 Å². The number of carbonyl (C=O) groups excluding carboxylic acids is 2. The zero-order valence-electron chi connectivity index (χ0n) is 14.2. The first kappa shape index (κ1) is 17.3. The molecule has 1 aromatic heterocycles. The van der Waals surface area contributed by atoms with Gasteiger partial charge in [-0.05, 0) is 44.7 Å². The van der Waals surface area contributed by atoms with Crippen LogP contribution in [0.15, 0.2) is 29.4 Å². The predicted octanol–water partition coefficient (Wildman–Crippen LogP) is 2.90.